The number of anilines is 2. The van der Waals surface area contributed by atoms with Gasteiger partial charge in [0.25, 0.3) is 0 Å². The Morgan fingerprint density at radius 3 is 1.96 bits per heavy atom. The molecule has 23 heavy (non-hydrogen) atoms. The molecule has 4 N–H and O–H groups in total. The summed E-state index contributed by atoms with van der Waals surface area (Å²) < 4.78 is 0. The van der Waals surface area contributed by atoms with E-state index in [1.54, 1.807) is 24.3 Å². The van der Waals surface area contributed by atoms with Gasteiger partial charge in [0.15, 0.2) is 0 Å². The fourth-order valence-corrected chi connectivity index (χ4v) is 2.16. The van der Waals surface area contributed by atoms with Crippen molar-refractivity contribution in [2.45, 2.75) is 0 Å². The summed E-state index contributed by atoms with van der Waals surface area (Å²) in [5.74, 6) is 0. The monoisotopic (exact) mass is 372 g/mol. The maximum absolute atomic E-state index is 11.7. The molecule has 0 aliphatic heterocycles. The molecule has 0 radical (unpaired) electrons. The number of halogens is 3. The van der Waals surface area contributed by atoms with Crippen LogP contribution in [-0.2, 0) is 0 Å². The predicted molar refractivity (Wildman–Crippen MR) is 92.2 cm³/mol. The van der Waals surface area contributed by atoms with Crippen LogP contribution in [0.3, 0.4) is 0 Å². The smallest absolute Gasteiger partial charge is 0.307 e. The van der Waals surface area contributed by atoms with Gasteiger partial charge in [-0.25, -0.2) is 20.4 Å². The minimum absolute atomic E-state index is 0.211. The molecule has 0 aromatic heterocycles. The third-order valence-electron chi connectivity index (χ3n) is 2.58. The van der Waals surface area contributed by atoms with Crippen LogP contribution in [0.25, 0.3) is 0 Å². The molecular formula is C14H11Cl3N4O2. The van der Waals surface area contributed by atoms with Gasteiger partial charge in [-0.1, -0.05) is 53.0 Å². The summed E-state index contributed by atoms with van der Waals surface area (Å²) in [6.45, 7) is 0. The van der Waals surface area contributed by atoms with Crippen molar-refractivity contribution in [3.05, 3.63) is 57.5 Å². The zero-order chi connectivity index (χ0) is 16.8. The maximum Gasteiger partial charge on any atom is 0.338 e. The van der Waals surface area contributed by atoms with E-state index in [1.807, 2.05) is 6.07 Å². The van der Waals surface area contributed by atoms with Crippen LogP contribution in [0.15, 0.2) is 42.5 Å². The Labute approximate surface area is 147 Å². The molecule has 0 heterocycles. The molecule has 0 saturated carbocycles. The van der Waals surface area contributed by atoms with Gasteiger partial charge in [0, 0.05) is 5.69 Å². The lowest BCUT2D eigenvalue weighted by Gasteiger charge is -2.11. The van der Waals surface area contributed by atoms with Crippen LogP contribution in [-0.4, -0.2) is 12.1 Å². The van der Waals surface area contributed by atoms with Gasteiger partial charge in [-0.3, -0.25) is 0 Å². The van der Waals surface area contributed by atoms with Crippen LogP contribution in [0.4, 0.5) is 21.0 Å². The number of nitrogens with one attached hydrogen (secondary N) is 4. The second-order valence-corrected chi connectivity index (χ2v) is 5.49. The van der Waals surface area contributed by atoms with Crippen molar-refractivity contribution in [2.24, 2.45) is 0 Å². The Kier molecular flexibility index (Phi) is 5.92. The maximum atomic E-state index is 11.7. The van der Waals surface area contributed by atoms with Crippen LogP contribution in [0.5, 0.6) is 0 Å². The Hall–Kier alpha value is -2.15. The molecule has 6 nitrogen and oxygen atoms in total. The second-order valence-electron chi connectivity index (χ2n) is 4.27. The van der Waals surface area contributed by atoms with E-state index in [4.69, 9.17) is 34.8 Å². The molecular weight excluding hydrogens is 363 g/mol. The Morgan fingerprint density at radius 1 is 0.739 bits per heavy atom. The van der Waals surface area contributed by atoms with Crippen molar-refractivity contribution in [2.75, 3.05) is 10.6 Å². The SMILES string of the molecule is O=C(NNC(=O)Nc1cc(Cl)c(Cl)cc1Cl)Nc1ccccc1. The minimum Gasteiger partial charge on any atom is -0.307 e. The molecule has 0 bridgehead atoms. The summed E-state index contributed by atoms with van der Waals surface area (Å²) in [6, 6.07) is 10.2. The largest absolute Gasteiger partial charge is 0.338 e. The second kappa shape index (κ2) is 7.92. The van der Waals surface area contributed by atoms with Gasteiger partial charge in [-0.2, -0.15) is 0 Å². The first-order chi connectivity index (χ1) is 11.0. The number of para-hydroxylation sites is 1. The third kappa shape index (κ3) is 5.21. The molecule has 0 fully saturated rings. The van der Waals surface area contributed by atoms with E-state index >= 15 is 0 Å². The number of benzene rings is 2. The lowest BCUT2D eigenvalue weighted by Crippen LogP contribution is -2.45. The number of rotatable bonds is 2. The summed E-state index contributed by atoms with van der Waals surface area (Å²) in [6.07, 6.45) is 0. The van der Waals surface area contributed by atoms with Gasteiger partial charge in [-0.15, -0.1) is 0 Å². The van der Waals surface area contributed by atoms with Gasteiger partial charge in [0.1, 0.15) is 0 Å². The zero-order valence-electron chi connectivity index (χ0n) is 11.5. The van der Waals surface area contributed by atoms with E-state index in [9.17, 15) is 9.59 Å². The van der Waals surface area contributed by atoms with E-state index in [2.05, 4.69) is 21.5 Å². The van der Waals surface area contributed by atoms with E-state index in [0.29, 0.717) is 5.69 Å². The van der Waals surface area contributed by atoms with Crippen molar-refractivity contribution < 1.29 is 9.59 Å². The summed E-state index contributed by atoms with van der Waals surface area (Å²) in [7, 11) is 0. The highest BCUT2D eigenvalue weighted by Crippen LogP contribution is 2.32. The lowest BCUT2D eigenvalue weighted by atomic mass is 10.3. The van der Waals surface area contributed by atoms with Gasteiger partial charge in [0.2, 0.25) is 0 Å². The Bertz CT molecular complexity index is 725. The molecule has 2 aromatic carbocycles. The van der Waals surface area contributed by atoms with Crippen molar-refractivity contribution in [3.8, 4) is 0 Å². The highest BCUT2D eigenvalue weighted by Gasteiger charge is 2.10. The number of urea groups is 2. The van der Waals surface area contributed by atoms with Crippen LogP contribution < -0.4 is 21.5 Å². The van der Waals surface area contributed by atoms with Crippen molar-refractivity contribution in [1.29, 1.82) is 0 Å². The first kappa shape index (κ1) is 17.2. The van der Waals surface area contributed by atoms with Gasteiger partial charge < -0.3 is 10.6 Å². The van der Waals surface area contributed by atoms with Crippen LogP contribution >= 0.6 is 34.8 Å². The number of hydrogen-bond donors (Lipinski definition) is 4. The lowest BCUT2D eigenvalue weighted by molar-refractivity contribution is 0.237. The molecule has 9 heteroatoms. The Balaban J connectivity index is 1.86. The predicted octanol–water partition coefficient (Wildman–Crippen LogP) is 4.51. The number of carbonyl (C=O) groups excluding carboxylic acids is 2. The molecule has 2 rings (SSSR count). The average molecular weight is 374 g/mol. The van der Waals surface area contributed by atoms with Crippen LogP contribution in [0.1, 0.15) is 0 Å². The summed E-state index contributed by atoms with van der Waals surface area (Å²) >= 11 is 17.6. The molecule has 0 saturated heterocycles. The van der Waals surface area contributed by atoms with Crippen molar-refractivity contribution in [1.82, 2.24) is 10.9 Å². The van der Waals surface area contributed by atoms with E-state index in [1.165, 1.54) is 12.1 Å². The molecule has 0 atom stereocenters. The topological polar surface area (TPSA) is 82.3 Å². The van der Waals surface area contributed by atoms with Crippen LogP contribution in [0, 0.1) is 0 Å². The molecule has 0 aliphatic rings. The molecule has 0 aliphatic carbocycles. The summed E-state index contributed by atoms with van der Waals surface area (Å²) in [4.78, 5) is 23.3. The summed E-state index contributed by atoms with van der Waals surface area (Å²) in [5.41, 5.74) is 5.18. The number of hydrogen-bond acceptors (Lipinski definition) is 2. The van der Waals surface area contributed by atoms with Gasteiger partial charge in [0.05, 0.1) is 20.8 Å². The molecule has 0 unspecified atom stereocenters. The third-order valence-corrected chi connectivity index (χ3v) is 3.61. The van der Waals surface area contributed by atoms with E-state index in [-0.39, 0.29) is 20.8 Å². The number of carbonyl (C=O) groups is 2. The zero-order valence-corrected chi connectivity index (χ0v) is 13.8. The normalized spacial score (nSPS) is 9.87. The molecule has 2 aromatic rings. The minimum atomic E-state index is -0.700. The molecule has 120 valence electrons. The fourth-order valence-electron chi connectivity index (χ4n) is 1.57. The Morgan fingerprint density at radius 2 is 1.30 bits per heavy atom. The van der Waals surface area contributed by atoms with Crippen molar-refractivity contribution in [3.63, 3.8) is 0 Å². The number of amides is 4. The quantitative estimate of drug-likeness (QED) is 0.461. The molecule has 4 amide bonds. The average Bonchev–Trinajstić information content (AvgIpc) is 2.51. The standard InChI is InChI=1S/C14H11Cl3N4O2/c15-9-6-11(17)12(7-10(9)16)19-14(23)21-20-13(22)18-8-4-2-1-3-5-8/h1-7H,(H2,18,20,22)(H2,19,21,23). The molecule has 0 spiro atoms. The summed E-state index contributed by atoms with van der Waals surface area (Å²) in [5, 5.41) is 5.68. The van der Waals surface area contributed by atoms with Gasteiger partial charge in [-0.05, 0) is 24.3 Å². The van der Waals surface area contributed by atoms with Crippen LogP contribution in [0.2, 0.25) is 15.1 Å². The highest BCUT2D eigenvalue weighted by atomic mass is 35.5. The van der Waals surface area contributed by atoms with E-state index in [0.717, 1.165) is 0 Å². The fraction of sp³-hybridized carbons (Fsp3) is 0. The van der Waals surface area contributed by atoms with E-state index < -0.39 is 12.1 Å². The first-order valence-electron chi connectivity index (χ1n) is 6.29. The number of hydrazine groups is 1. The highest BCUT2D eigenvalue weighted by molar-refractivity contribution is 6.44. The first-order valence-corrected chi connectivity index (χ1v) is 7.42. The van der Waals surface area contributed by atoms with Crippen molar-refractivity contribution >= 4 is 58.2 Å². The van der Waals surface area contributed by atoms with Gasteiger partial charge >= 0.3 is 12.1 Å².